The maximum atomic E-state index is 12.1. The summed E-state index contributed by atoms with van der Waals surface area (Å²) in [5, 5.41) is 6.32. The lowest BCUT2D eigenvalue weighted by Crippen LogP contribution is -2.49. The largest absolute Gasteiger partial charge is 0.489 e. The highest BCUT2D eigenvalue weighted by atomic mass is 16.5. The number of hydrogen-bond donors (Lipinski definition) is 3. The lowest BCUT2D eigenvalue weighted by atomic mass is 10.0. The maximum Gasteiger partial charge on any atom is 0.352 e. The number of urea groups is 1. The smallest absolute Gasteiger partial charge is 0.352 e. The molecule has 0 spiro atoms. The van der Waals surface area contributed by atoms with Gasteiger partial charge in [0.2, 0.25) is 0 Å². The molecule has 3 aromatic rings. The van der Waals surface area contributed by atoms with Crippen molar-refractivity contribution >= 4 is 17.6 Å². The van der Waals surface area contributed by atoms with Gasteiger partial charge in [-0.05, 0) is 43.7 Å². The van der Waals surface area contributed by atoms with Crippen molar-refractivity contribution in [3.63, 3.8) is 0 Å². The maximum absolute atomic E-state index is 12.1. The van der Waals surface area contributed by atoms with E-state index in [4.69, 9.17) is 22.2 Å². The molecule has 32 heavy (non-hydrogen) atoms. The van der Waals surface area contributed by atoms with E-state index in [2.05, 4.69) is 5.10 Å². The summed E-state index contributed by atoms with van der Waals surface area (Å²) in [6.07, 6.45) is 0. The van der Waals surface area contributed by atoms with Crippen LogP contribution in [0.5, 0.6) is 5.75 Å². The molecule has 3 amide bonds. The van der Waals surface area contributed by atoms with E-state index in [1.54, 1.807) is 19.2 Å². The Labute approximate surface area is 186 Å². The molecule has 0 aliphatic rings. The number of aryl methyl sites for hydroxylation is 2. The Kier molecular flexibility index (Phi) is 6.47. The van der Waals surface area contributed by atoms with E-state index in [-0.39, 0.29) is 6.61 Å². The Morgan fingerprint density at radius 2 is 1.81 bits per heavy atom. The number of carbonyl (C=O) groups excluding carboxylic acids is 2. The zero-order valence-corrected chi connectivity index (χ0v) is 18.5. The highest BCUT2D eigenvalue weighted by Crippen LogP contribution is 2.30. The number of amides is 3. The van der Waals surface area contributed by atoms with Gasteiger partial charge in [-0.2, -0.15) is 5.10 Å². The fraction of sp³-hybridized carbons (Fsp3) is 0.227. The monoisotopic (exact) mass is 437 g/mol. The summed E-state index contributed by atoms with van der Waals surface area (Å²) >= 11 is 0. The molecular weight excluding hydrogens is 410 g/mol. The van der Waals surface area contributed by atoms with Gasteiger partial charge in [0.1, 0.15) is 18.1 Å². The molecule has 0 radical (unpaired) electrons. The van der Waals surface area contributed by atoms with Crippen LogP contribution in [-0.2, 0) is 13.7 Å². The quantitative estimate of drug-likeness (QED) is 0.305. The highest BCUT2D eigenvalue weighted by Gasteiger charge is 2.19. The molecule has 0 aliphatic heterocycles. The van der Waals surface area contributed by atoms with Crippen LogP contribution in [0.25, 0.3) is 11.3 Å². The number of nitrogens with zero attached hydrogens (tertiary/aromatic N) is 4. The van der Waals surface area contributed by atoms with Gasteiger partial charge in [-0.1, -0.05) is 18.2 Å². The van der Waals surface area contributed by atoms with Crippen molar-refractivity contribution in [1.82, 2.24) is 14.8 Å². The van der Waals surface area contributed by atoms with E-state index in [0.29, 0.717) is 22.8 Å². The predicted octanol–water partition coefficient (Wildman–Crippen LogP) is 1.99. The van der Waals surface area contributed by atoms with Crippen LogP contribution in [-0.4, -0.2) is 33.8 Å². The average Bonchev–Trinajstić information content (AvgIpc) is 3.05. The van der Waals surface area contributed by atoms with E-state index >= 15 is 0 Å². The SMILES string of the molecule is Cc1cc(-c2nn(C)c(C(N)=O)c2C)ccc1OCc1ccccc1N(N)C(=O)N(C)N. The summed E-state index contributed by atoms with van der Waals surface area (Å²) in [4.78, 5) is 23.8. The Bertz CT molecular complexity index is 1170. The first kappa shape index (κ1) is 22.8. The Morgan fingerprint density at radius 1 is 1.12 bits per heavy atom. The van der Waals surface area contributed by atoms with Crippen LogP contribution in [0.15, 0.2) is 42.5 Å². The standard InChI is InChI=1S/C22H27N7O3/c1-13-11-15(19-14(2)20(21(23)30)28(4)26-19)9-10-18(13)32-12-16-7-5-6-8-17(16)29(25)22(31)27(3)24/h5-11H,12,24-25H2,1-4H3,(H2,23,30). The van der Waals surface area contributed by atoms with Crippen molar-refractivity contribution in [2.75, 3.05) is 12.1 Å². The first-order chi connectivity index (χ1) is 15.1. The summed E-state index contributed by atoms with van der Waals surface area (Å²) in [7, 11) is 3.11. The minimum Gasteiger partial charge on any atom is -0.489 e. The predicted molar refractivity (Wildman–Crippen MR) is 121 cm³/mol. The number of nitrogens with two attached hydrogens (primary N) is 3. The number of hydrogen-bond acceptors (Lipinski definition) is 6. The van der Waals surface area contributed by atoms with Crippen molar-refractivity contribution in [2.24, 2.45) is 24.5 Å². The molecule has 0 saturated heterocycles. The topological polar surface area (TPSA) is 146 Å². The van der Waals surface area contributed by atoms with Crippen LogP contribution in [0, 0.1) is 13.8 Å². The minimum atomic E-state index is -0.556. The van der Waals surface area contributed by atoms with Gasteiger partial charge in [-0.3, -0.25) is 14.5 Å². The normalized spacial score (nSPS) is 10.7. The molecule has 10 nitrogen and oxygen atoms in total. The number of rotatable bonds is 6. The lowest BCUT2D eigenvalue weighted by Gasteiger charge is -2.23. The number of carbonyl (C=O) groups is 2. The summed E-state index contributed by atoms with van der Waals surface area (Å²) in [5.41, 5.74) is 10.2. The Hall–Kier alpha value is -3.89. The molecule has 3 rings (SSSR count). The van der Waals surface area contributed by atoms with Crippen LogP contribution in [0.4, 0.5) is 10.5 Å². The zero-order chi connectivity index (χ0) is 23.6. The number of hydrazine groups is 2. The van der Waals surface area contributed by atoms with Gasteiger partial charge in [0, 0.05) is 30.8 Å². The van der Waals surface area contributed by atoms with Crippen molar-refractivity contribution in [3.05, 3.63) is 64.8 Å². The number of aromatic nitrogens is 2. The van der Waals surface area contributed by atoms with Crippen molar-refractivity contribution < 1.29 is 14.3 Å². The summed E-state index contributed by atoms with van der Waals surface area (Å²) < 4.78 is 7.49. The van der Waals surface area contributed by atoms with E-state index in [0.717, 1.165) is 32.3 Å². The second kappa shape index (κ2) is 9.08. The number of para-hydroxylation sites is 1. The molecule has 10 heteroatoms. The molecule has 0 aliphatic carbocycles. The van der Waals surface area contributed by atoms with E-state index in [9.17, 15) is 9.59 Å². The van der Waals surface area contributed by atoms with Gasteiger partial charge >= 0.3 is 6.03 Å². The van der Waals surface area contributed by atoms with E-state index in [1.807, 2.05) is 44.2 Å². The summed E-state index contributed by atoms with van der Waals surface area (Å²) in [5.74, 6) is 11.6. The van der Waals surface area contributed by atoms with Gasteiger partial charge in [-0.15, -0.1) is 0 Å². The molecule has 0 fully saturated rings. The van der Waals surface area contributed by atoms with Crippen molar-refractivity contribution in [2.45, 2.75) is 20.5 Å². The van der Waals surface area contributed by atoms with Crippen LogP contribution >= 0.6 is 0 Å². The van der Waals surface area contributed by atoms with E-state index < -0.39 is 11.9 Å². The zero-order valence-electron chi connectivity index (χ0n) is 18.5. The highest BCUT2D eigenvalue weighted by molar-refractivity contribution is 5.94. The van der Waals surface area contributed by atoms with E-state index in [1.165, 1.54) is 11.7 Å². The lowest BCUT2D eigenvalue weighted by molar-refractivity contribution is 0.0990. The fourth-order valence-corrected chi connectivity index (χ4v) is 3.50. The van der Waals surface area contributed by atoms with Crippen LogP contribution in [0.3, 0.4) is 0 Å². The molecule has 0 atom stereocenters. The number of benzene rings is 2. The van der Waals surface area contributed by atoms with Gasteiger partial charge in [-0.25, -0.2) is 21.5 Å². The van der Waals surface area contributed by atoms with Gasteiger partial charge < -0.3 is 10.5 Å². The van der Waals surface area contributed by atoms with Gasteiger partial charge in [0.25, 0.3) is 5.91 Å². The molecule has 2 aromatic carbocycles. The number of anilines is 1. The molecule has 6 N–H and O–H groups in total. The van der Waals surface area contributed by atoms with Crippen molar-refractivity contribution in [1.29, 1.82) is 0 Å². The Morgan fingerprint density at radius 3 is 2.41 bits per heavy atom. The minimum absolute atomic E-state index is 0.195. The van der Waals surface area contributed by atoms with Crippen LogP contribution in [0.2, 0.25) is 0 Å². The number of ether oxygens (including phenoxy) is 1. The average molecular weight is 438 g/mol. The third-order valence-electron chi connectivity index (χ3n) is 5.11. The molecule has 0 unspecified atom stereocenters. The first-order valence-corrected chi connectivity index (χ1v) is 9.84. The molecule has 1 heterocycles. The number of primary amides is 1. The summed E-state index contributed by atoms with van der Waals surface area (Å²) in [6.45, 7) is 3.93. The third kappa shape index (κ3) is 4.41. The molecule has 1 aromatic heterocycles. The molecular formula is C22H27N7O3. The van der Waals surface area contributed by atoms with Gasteiger partial charge in [0.05, 0.1) is 11.4 Å². The van der Waals surface area contributed by atoms with Crippen molar-refractivity contribution in [3.8, 4) is 17.0 Å². The molecule has 0 saturated carbocycles. The third-order valence-corrected chi connectivity index (χ3v) is 5.11. The Balaban J connectivity index is 1.83. The fourth-order valence-electron chi connectivity index (χ4n) is 3.50. The van der Waals surface area contributed by atoms with Gasteiger partial charge in [0.15, 0.2) is 0 Å². The first-order valence-electron chi connectivity index (χ1n) is 9.84. The van der Waals surface area contributed by atoms with Crippen LogP contribution < -0.4 is 27.2 Å². The second-order valence-corrected chi connectivity index (χ2v) is 7.47. The summed E-state index contributed by atoms with van der Waals surface area (Å²) in [6, 6.07) is 12.2. The molecule has 168 valence electrons. The second-order valence-electron chi connectivity index (χ2n) is 7.47. The van der Waals surface area contributed by atoms with Crippen LogP contribution in [0.1, 0.15) is 27.2 Å². The molecule has 0 bridgehead atoms.